The van der Waals surface area contributed by atoms with E-state index in [1.807, 2.05) is 6.07 Å². The minimum absolute atomic E-state index is 0.130. The minimum atomic E-state index is -0.130. The molecule has 0 heterocycles. The fraction of sp³-hybridized carbons (Fsp3) is 0.647. The van der Waals surface area contributed by atoms with Crippen molar-refractivity contribution in [2.45, 2.75) is 58.2 Å². The molecular formula is C17H27FN2. The molecule has 2 rings (SSSR count). The maximum absolute atomic E-state index is 13.3. The fourth-order valence-corrected chi connectivity index (χ4v) is 3.22. The lowest BCUT2D eigenvalue weighted by Gasteiger charge is -2.35. The van der Waals surface area contributed by atoms with Crippen LogP contribution in [0.15, 0.2) is 18.2 Å². The molecule has 0 spiro atoms. The highest BCUT2D eigenvalue weighted by Gasteiger charge is 2.23. The number of hydrogen-bond acceptors (Lipinski definition) is 2. The van der Waals surface area contributed by atoms with E-state index in [0.717, 1.165) is 18.7 Å². The molecule has 1 saturated carbocycles. The highest BCUT2D eigenvalue weighted by molar-refractivity contribution is 5.26. The second kappa shape index (κ2) is 7.19. The predicted octanol–water partition coefficient (Wildman–Crippen LogP) is 3.49. The van der Waals surface area contributed by atoms with Crippen molar-refractivity contribution in [3.63, 3.8) is 0 Å². The molecular weight excluding hydrogens is 251 g/mol. The number of halogens is 1. The molecule has 1 aliphatic carbocycles. The molecule has 0 amide bonds. The molecule has 1 aromatic rings. The Balaban J connectivity index is 1.89. The molecule has 0 unspecified atom stereocenters. The monoisotopic (exact) mass is 278 g/mol. The van der Waals surface area contributed by atoms with Crippen LogP contribution in [0.1, 0.15) is 43.7 Å². The third-order valence-corrected chi connectivity index (χ3v) is 4.54. The largest absolute Gasteiger partial charge is 0.314 e. The lowest BCUT2D eigenvalue weighted by molar-refractivity contribution is 0.168. The predicted molar refractivity (Wildman–Crippen MR) is 82.3 cm³/mol. The first kappa shape index (κ1) is 15.5. The topological polar surface area (TPSA) is 15.3 Å². The first-order valence-electron chi connectivity index (χ1n) is 7.78. The Labute approximate surface area is 122 Å². The smallest absolute Gasteiger partial charge is 0.123 e. The van der Waals surface area contributed by atoms with Gasteiger partial charge in [-0.15, -0.1) is 0 Å². The van der Waals surface area contributed by atoms with Crippen LogP contribution < -0.4 is 5.32 Å². The summed E-state index contributed by atoms with van der Waals surface area (Å²) >= 11 is 0. The average Bonchev–Trinajstić information content (AvgIpc) is 2.44. The summed E-state index contributed by atoms with van der Waals surface area (Å²) in [5.41, 5.74) is 2.29. The second-order valence-electron chi connectivity index (χ2n) is 6.05. The molecule has 0 aliphatic heterocycles. The van der Waals surface area contributed by atoms with Crippen LogP contribution in [-0.2, 0) is 6.54 Å². The van der Waals surface area contributed by atoms with Gasteiger partial charge in [0.25, 0.3) is 0 Å². The molecule has 1 aromatic carbocycles. The van der Waals surface area contributed by atoms with Gasteiger partial charge in [0.05, 0.1) is 0 Å². The van der Waals surface area contributed by atoms with Crippen molar-refractivity contribution in [2.75, 3.05) is 13.6 Å². The van der Waals surface area contributed by atoms with E-state index >= 15 is 0 Å². The zero-order chi connectivity index (χ0) is 14.5. The second-order valence-corrected chi connectivity index (χ2v) is 6.05. The van der Waals surface area contributed by atoms with Gasteiger partial charge >= 0.3 is 0 Å². The summed E-state index contributed by atoms with van der Waals surface area (Å²) in [6.45, 7) is 6.14. The van der Waals surface area contributed by atoms with Crippen molar-refractivity contribution >= 4 is 0 Å². The summed E-state index contributed by atoms with van der Waals surface area (Å²) in [5, 5.41) is 3.54. The Morgan fingerprint density at radius 3 is 2.60 bits per heavy atom. The molecule has 0 atom stereocenters. The first-order chi connectivity index (χ1) is 9.60. The van der Waals surface area contributed by atoms with Gasteiger partial charge in [-0.2, -0.15) is 0 Å². The number of benzene rings is 1. The Bertz CT molecular complexity index is 425. The van der Waals surface area contributed by atoms with Crippen molar-refractivity contribution in [3.05, 3.63) is 35.1 Å². The maximum atomic E-state index is 13.3. The molecule has 0 saturated heterocycles. The van der Waals surface area contributed by atoms with E-state index in [1.54, 1.807) is 12.1 Å². The quantitative estimate of drug-likeness (QED) is 0.887. The van der Waals surface area contributed by atoms with Crippen molar-refractivity contribution in [3.8, 4) is 0 Å². The van der Waals surface area contributed by atoms with Crippen molar-refractivity contribution < 1.29 is 4.39 Å². The third kappa shape index (κ3) is 4.03. The molecule has 1 fully saturated rings. The Morgan fingerprint density at radius 1 is 1.25 bits per heavy atom. The van der Waals surface area contributed by atoms with Gasteiger partial charge in [-0.3, -0.25) is 4.90 Å². The van der Waals surface area contributed by atoms with Gasteiger partial charge in [-0.25, -0.2) is 4.39 Å². The van der Waals surface area contributed by atoms with Gasteiger partial charge in [-0.1, -0.05) is 13.0 Å². The third-order valence-electron chi connectivity index (χ3n) is 4.54. The van der Waals surface area contributed by atoms with Gasteiger partial charge < -0.3 is 5.32 Å². The lowest BCUT2D eigenvalue weighted by atomic mass is 9.90. The van der Waals surface area contributed by atoms with Crippen LogP contribution >= 0.6 is 0 Å². The number of nitrogens with zero attached hydrogens (tertiary/aromatic N) is 1. The summed E-state index contributed by atoms with van der Waals surface area (Å²) in [6.07, 6.45) is 4.99. The zero-order valence-corrected chi connectivity index (χ0v) is 13.0. The summed E-state index contributed by atoms with van der Waals surface area (Å²) in [6, 6.07) is 6.42. The van der Waals surface area contributed by atoms with E-state index in [-0.39, 0.29) is 5.82 Å². The standard InChI is InChI=1S/C17H27FN2/c1-4-19-16-7-9-17(10-8-16)20(3)12-14-11-15(18)6-5-13(14)2/h5-6,11,16-17,19H,4,7-10,12H2,1-3H3. The summed E-state index contributed by atoms with van der Waals surface area (Å²) in [4.78, 5) is 2.39. The van der Waals surface area contributed by atoms with Crippen LogP contribution in [0.3, 0.4) is 0 Å². The van der Waals surface area contributed by atoms with Gasteiger partial charge in [0.1, 0.15) is 5.82 Å². The summed E-state index contributed by atoms with van der Waals surface area (Å²) in [5.74, 6) is -0.130. The van der Waals surface area contributed by atoms with Gasteiger partial charge in [-0.05, 0) is 69.5 Å². The Morgan fingerprint density at radius 2 is 1.95 bits per heavy atom. The molecule has 0 radical (unpaired) electrons. The van der Waals surface area contributed by atoms with E-state index in [2.05, 4.69) is 31.1 Å². The van der Waals surface area contributed by atoms with Crippen LogP contribution in [0.4, 0.5) is 4.39 Å². The number of aryl methyl sites for hydroxylation is 1. The Kier molecular flexibility index (Phi) is 5.55. The zero-order valence-electron chi connectivity index (χ0n) is 13.0. The molecule has 1 aliphatic rings. The van der Waals surface area contributed by atoms with Crippen LogP contribution in [0.25, 0.3) is 0 Å². The molecule has 1 N–H and O–H groups in total. The molecule has 3 heteroatoms. The molecule has 0 aromatic heterocycles. The number of rotatable bonds is 5. The number of hydrogen-bond donors (Lipinski definition) is 1. The van der Waals surface area contributed by atoms with Gasteiger partial charge in [0, 0.05) is 18.6 Å². The van der Waals surface area contributed by atoms with E-state index < -0.39 is 0 Å². The van der Waals surface area contributed by atoms with Crippen LogP contribution in [0.5, 0.6) is 0 Å². The summed E-state index contributed by atoms with van der Waals surface area (Å²) < 4.78 is 13.3. The van der Waals surface area contributed by atoms with E-state index in [0.29, 0.717) is 12.1 Å². The molecule has 20 heavy (non-hydrogen) atoms. The highest BCUT2D eigenvalue weighted by Crippen LogP contribution is 2.24. The highest BCUT2D eigenvalue weighted by atomic mass is 19.1. The average molecular weight is 278 g/mol. The van der Waals surface area contributed by atoms with Gasteiger partial charge in [0.15, 0.2) is 0 Å². The maximum Gasteiger partial charge on any atom is 0.123 e. The van der Waals surface area contributed by atoms with Crippen molar-refractivity contribution in [1.82, 2.24) is 10.2 Å². The SMILES string of the molecule is CCNC1CCC(N(C)Cc2cc(F)ccc2C)CC1. The van der Waals surface area contributed by atoms with Crippen molar-refractivity contribution in [1.29, 1.82) is 0 Å². The summed E-state index contributed by atoms with van der Waals surface area (Å²) in [7, 11) is 2.17. The van der Waals surface area contributed by atoms with E-state index in [4.69, 9.17) is 0 Å². The van der Waals surface area contributed by atoms with E-state index in [9.17, 15) is 4.39 Å². The van der Waals surface area contributed by atoms with Crippen molar-refractivity contribution in [2.24, 2.45) is 0 Å². The normalized spacial score (nSPS) is 23.2. The lowest BCUT2D eigenvalue weighted by Crippen LogP contribution is -2.40. The van der Waals surface area contributed by atoms with Crippen LogP contribution in [0.2, 0.25) is 0 Å². The Hall–Kier alpha value is -0.930. The molecule has 2 nitrogen and oxygen atoms in total. The molecule has 112 valence electrons. The minimum Gasteiger partial charge on any atom is -0.314 e. The molecule has 0 bridgehead atoms. The fourth-order valence-electron chi connectivity index (χ4n) is 3.22. The van der Waals surface area contributed by atoms with Crippen LogP contribution in [0, 0.1) is 12.7 Å². The number of nitrogens with one attached hydrogen (secondary N) is 1. The van der Waals surface area contributed by atoms with E-state index in [1.165, 1.54) is 31.2 Å². The van der Waals surface area contributed by atoms with Crippen LogP contribution in [-0.4, -0.2) is 30.6 Å². The van der Waals surface area contributed by atoms with Gasteiger partial charge in [0.2, 0.25) is 0 Å². The first-order valence-corrected chi connectivity index (χ1v) is 7.78.